The second-order valence-electron chi connectivity index (χ2n) is 4.84. The molecule has 1 unspecified atom stereocenters. The fourth-order valence-electron chi connectivity index (χ4n) is 2.08. The van der Waals surface area contributed by atoms with Crippen molar-refractivity contribution in [2.45, 2.75) is 13.0 Å². The van der Waals surface area contributed by atoms with E-state index < -0.39 is 6.10 Å². The Balaban J connectivity index is 1.70. The molecule has 0 aromatic heterocycles. The Bertz CT molecular complexity index is 347. The molecule has 2 rings (SSSR count). The van der Waals surface area contributed by atoms with Crippen LogP contribution in [0.2, 0.25) is 0 Å². The summed E-state index contributed by atoms with van der Waals surface area (Å²) in [5.41, 5.74) is 1.21. The molecule has 0 spiro atoms. The molecule has 100 valence electrons. The van der Waals surface area contributed by atoms with Gasteiger partial charge in [-0.2, -0.15) is 0 Å². The van der Waals surface area contributed by atoms with E-state index in [1.807, 2.05) is 31.2 Å². The van der Waals surface area contributed by atoms with Crippen molar-refractivity contribution in [3.05, 3.63) is 29.8 Å². The van der Waals surface area contributed by atoms with Gasteiger partial charge in [-0.25, -0.2) is 0 Å². The van der Waals surface area contributed by atoms with Crippen LogP contribution in [0.4, 0.5) is 0 Å². The van der Waals surface area contributed by atoms with Crippen LogP contribution in [0.1, 0.15) is 5.56 Å². The van der Waals surface area contributed by atoms with Gasteiger partial charge in [-0.3, -0.25) is 0 Å². The molecule has 0 radical (unpaired) electrons. The van der Waals surface area contributed by atoms with E-state index in [9.17, 15) is 5.11 Å². The van der Waals surface area contributed by atoms with Crippen LogP contribution in [0.5, 0.6) is 5.75 Å². The van der Waals surface area contributed by atoms with Crippen LogP contribution in [0, 0.1) is 6.92 Å². The SMILES string of the molecule is Cc1ccc(OCC(O)C[NH+]2CCOCC2)cc1. The number of nitrogens with one attached hydrogen (secondary N) is 1. The zero-order valence-corrected chi connectivity index (χ0v) is 10.9. The molecule has 1 aromatic rings. The van der Waals surface area contributed by atoms with Crippen LogP contribution in [-0.4, -0.2) is 50.7 Å². The highest BCUT2D eigenvalue weighted by Gasteiger charge is 2.18. The first-order valence-electron chi connectivity index (χ1n) is 6.53. The molecule has 1 aliphatic heterocycles. The van der Waals surface area contributed by atoms with Crippen molar-refractivity contribution in [3.8, 4) is 5.75 Å². The number of rotatable bonds is 5. The van der Waals surface area contributed by atoms with Gasteiger partial charge in [-0.05, 0) is 19.1 Å². The number of hydrogen-bond acceptors (Lipinski definition) is 3. The molecule has 1 heterocycles. The Kier molecular flexibility index (Phi) is 4.99. The lowest BCUT2D eigenvalue weighted by molar-refractivity contribution is -0.911. The first kappa shape index (κ1) is 13.3. The lowest BCUT2D eigenvalue weighted by atomic mass is 10.2. The molecule has 0 aliphatic carbocycles. The topological polar surface area (TPSA) is 43.1 Å². The molecule has 1 aliphatic rings. The van der Waals surface area contributed by atoms with E-state index in [-0.39, 0.29) is 0 Å². The third-order valence-electron chi connectivity index (χ3n) is 3.19. The molecule has 4 nitrogen and oxygen atoms in total. The molecular weight excluding hydrogens is 230 g/mol. The summed E-state index contributed by atoms with van der Waals surface area (Å²) < 4.78 is 10.9. The molecular formula is C14H22NO3+. The monoisotopic (exact) mass is 252 g/mol. The van der Waals surface area contributed by atoms with Gasteiger partial charge in [0.2, 0.25) is 0 Å². The fraction of sp³-hybridized carbons (Fsp3) is 0.571. The number of morpholine rings is 1. The van der Waals surface area contributed by atoms with Crippen molar-refractivity contribution in [3.63, 3.8) is 0 Å². The van der Waals surface area contributed by atoms with Gasteiger partial charge in [0, 0.05) is 0 Å². The number of aryl methyl sites for hydroxylation is 1. The van der Waals surface area contributed by atoms with Crippen LogP contribution in [0.25, 0.3) is 0 Å². The molecule has 1 saturated heterocycles. The van der Waals surface area contributed by atoms with Crippen LogP contribution >= 0.6 is 0 Å². The zero-order chi connectivity index (χ0) is 12.8. The van der Waals surface area contributed by atoms with Crippen molar-refractivity contribution in [2.24, 2.45) is 0 Å². The molecule has 1 atom stereocenters. The van der Waals surface area contributed by atoms with Gasteiger partial charge < -0.3 is 19.5 Å². The Morgan fingerprint density at radius 2 is 1.94 bits per heavy atom. The zero-order valence-electron chi connectivity index (χ0n) is 10.9. The van der Waals surface area contributed by atoms with Gasteiger partial charge in [0.1, 0.15) is 38.1 Å². The summed E-state index contributed by atoms with van der Waals surface area (Å²) in [6.07, 6.45) is -0.417. The minimum absolute atomic E-state index is 0.355. The first-order chi connectivity index (χ1) is 8.74. The minimum atomic E-state index is -0.417. The normalized spacial score (nSPS) is 18.6. The molecule has 1 aromatic carbocycles. The van der Waals surface area contributed by atoms with Crippen molar-refractivity contribution in [2.75, 3.05) is 39.5 Å². The van der Waals surface area contributed by atoms with Crippen molar-refractivity contribution >= 4 is 0 Å². The predicted octanol–water partition coefficient (Wildman–Crippen LogP) is -0.350. The summed E-state index contributed by atoms with van der Waals surface area (Å²) in [7, 11) is 0. The van der Waals surface area contributed by atoms with Gasteiger partial charge in [-0.15, -0.1) is 0 Å². The number of quaternary nitrogens is 1. The molecule has 0 bridgehead atoms. The summed E-state index contributed by atoms with van der Waals surface area (Å²) in [6.45, 7) is 6.66. The highest BCUT2D eigenvalue weighted by atomic mass is 16.5. The average Bonchev–Trinajstić information content (AvgIpc) is 2.39. The fourth-order valence-corrected chi connectivity index (χ4v) is 2.08. The molecule has 0 amide bonds. The van der Waals surface area contributed by atoms with Crippen LogP contribution in [-0.2, 0) is 4.74 Å². The lowest BCUT2D eigenvalue weighted by Gasteiger charge is -2.25. The van der Waals surface area contributed by atoms with Crippen molar-refractivity contribution in [1.29, 1.82) is 0 Å². The maximum Gasteiger partial charge on any atom is 0.137 e. The van der Waals surface area contributed by atoms with Crippen molar-refractivity contribution in [1.82, 2.24) is 0 Å². The maximum atomic E-state index is 9.93. The third kappa shape index (κ3) is 4.29. The van der Waals surface area contributed by atoms with E-state index in [1.165, 1.54) is 10.5 Å². The molecule has 1 fully saturated rings. The maximum absolute atomic E-state index is 9.93. The van der Waals surface area contributed by atoms with E-state index >= 15 is 0 Å². The van der Waals surface area contributed by atoms with E-state index in [0.29, 0.717) is 6.61 Å². The largest absolute Gasteiger partial charge is 0.491 e. The van der Waals surface area contributed by atoms with E-state index in [4.69, 9.17) is 9.47 Å². The second-order valence-corrected chi connectivity index (χ2v) is 4.84. The Morgan fingerprint density at radius 3 is 2.61 bits per heavy atom. The Labute approximate surface area is 108 Å². The molecule has 0 saturated carbocycles. The molecule has 2 N–H and O–H groups in total. The van der Waals surface area contributed by atoms with E-state index in [0.717, 1.165) is 38.6 Å². The predicted molar refractivity (Wildman–Crippen MR) is 69.1 cm³/mol. The molecule has 4 heteroatoms. The summed E-state index contributed by atoms with van der Waals surface area (Å²) in [5.74, 6) is 0.816. The second kappa shape index (κ2) is 6.73. The summed E-state index contributed by atoms with van der Waals surface area (Å²) in [4.78, 5) is 1.39. The smallest absolute Gasteiger partial charge is 0.137 e. The highest BCUT2D eigenvalue weighted by molar-refractivity contribution is 5.26. The lowest BCUT2D eigenvalue weighted by Crippen LogP contribution is -3.15. The number of aliphatic hydroxyl groups is 1. The number of aliphatic hydroxyl groups excluding tert-OH is 1. The highest BCUT2D eigenvalue weighted by Crippen LogP contribution is 2.11. The van der Waals surface area contributed by atoms with Crippen LogP contribution < -0.4 is 9.64 Å². The average molecular weight is 252 g/mol. The van der Waals surface area contributed by atoms with Gasteiger partial charge in [0.15, 0.2) is 0 Å². The number of hydrogen-bond donors (Lipinski definition) is 2. The van der Waals surface area contributed by atoms with Gasteiger partial charge in [0.25, 0.3) is 0 Å². The van der Waals surface area contributed by atoms with Crippen LogP contribution in [0.3, 0.4) is 0 Å². The van der Waals surface area contributed by atoms with E-state index in [2.05, 4.69) is 0 Å². The van der Waals surface area contributed by atoms with E-state index in [1.54, 1.807) is 0 Å². The van der Waals surface area contributed by atoms with Gasteiger partial charge in [-0.1, -0.05) is 17.7 Å². The van der Waals surface area contributed by atoms with Gasteiger partial charge >= 0.3 is 0 Å². The third-order valence-corrected chi connectivity index (χ3v) is 3.19. The van der Waals surface area contributed by atoms with Crippen molar-refractivity contribution < 1.29 is 19.5 Å². The molecule has 18 heavy (non-hydrogen) atoms. The summed E-state index contributed by atoms with van der Waals surface area (Å²) in [6, 6.07) is 7.89. The first-order valence-corrected chi connectivity index (χ1v) is 6.53. The number of benzene rings is 1. The summed E-state index contributed by atoms with van der Waals surface area (Å²) >= 11 is 0. The Morgan fingerprint density at radius 1 is 1.28 bits per heavy atom. The van der Waals surface area contributed by atoms with Crippen LogP contribution in [0.15, 0.2) is 24.3 Å². The Hall–Kier alpha value is -1.10. The summed E-state index contributed by atoms with van der Waals surface area (Å²) in [5, 5.41) is 9.93. The standard InChI is InChI=1S/C14H21NO3/c1-12-2-4-14(5-3-12)18-11-13(16)10-15-6-8-17-9-7-15/h2-5,13,16H,6-11H2,1H3/p+1. The minimum Gasteiger partial charge on any atom is -0.491 e. The number of ether oxygens (including phenoxy) is 2. The quantitative estimate of drug-likeness (QED) is 0.753. The van der Waals surface area contributed by atoms with Gasteiger partial charge in [0.05, 0.1) is 13.2 Å².